The summed E-state index contributed by atoms with van der Waals surface area (Å²) in [6.45, 7) is 2.80. The molecule has 0 aliphatic carbocycles. The Labute approximate surface area is 146 Å². The first-order chi connectivity index (χ1) is 12.2. The summed E-state index contributed by atoms with van der Waals surface area (Å²) in [4.78, 5) is 19.5. The van der Waals surface area contributed by atoms with Gasteiger partial charge in [0.1, 0.15) is 17.1 Å². The third-order valence-electron chi connectivity index (χ3n) is 3.72. The maximum absolute atomic E-state index is 11.8. The second kappa shape index (κ2) is 7.66. The average molecular weight is 336 g/mol. The summed E-state index contributed by atoms with van der Waals surface area (Å²) in [5.41, 5.74) is 2.90. The van der Waals surface area contributed by atoms with Gasteiger partial charge in [-0.25, -0.2) is 9.78 Å². The minimum absolute atomic E-state index is 0.393. The van der Waals surface area contributed by atoms with Crippen LogP contribution in [-0.4, -0.2) is 29.7 Å². The van der Waals surface area contributed by atoms with E-state index in [0.717, 1.165) is 29.9 Å². The molecular weight excluding hydrogens is 316 g/mol. The van der Waals surface area contributed by atoms with Crippen molar-refractivity contribution in [3.8, 4) is 5.75 Å². The highest BCUT2D eigenvalue weighted by atomic mass is 16.5. The lowest BCUT2D eigenvalue weighted by atomic mass is 10.2. The molecule has 0 aliphatic heterocycles. The number of nitrogens with zero attached hydrogens (tertiary/aromatic N) is 1. The van der Waals surface area contributed by atoms with E-state index < -0.39 is 5.97 Å². The van der Waals surface area contributed by atoms with Crippen LogP contribution in [0.1, 0.15) is 35.1 Å². The number of esters is 1. The molecule has 0 amide bonds. The van der Waals surface area contributed by atoms with Gasteiger partial charge in [-0.15, -0.1) is 0 Å². The Morgan fingerprint density at radius 3 is 2.68 bits per heavy atom. The third-order valence-corrected chi connectivity index (χ3v) is 3.72. The number of imidazole rings is 1. The molecular formula is C20H20N2O3. The van der Waals surface area contributed by atoms with Gasteiger partial charge in [-0.05, 0) is 42.3 Å². The summed E-state index contributed by atoms with van der Waals surface area (Å²) in [7, 11) is 1.36. The number of fused-ring (bicyclic) bond motifs is 1. The summed E-state index contributed by atoms with van der Waals surface area (Å²) in [5.74, 6) is 1.15. The number of ether oxygens (including phenoxy) is 2. The van der Waals surface area contributed by atoms with Gasteiger partial charge in [-0.1, -0.05) is 31.2 Å². The van der Waals surface area contributed by atoms with Crippen molar-refractivity contribution in [2.45, 2.75) is 13.3 Å². The molecule has 1 heterocycles. The van der Waals surface area contributed by atoms with Crippen molar-refractivity contribution >= 4 is 29.2 Å². The summed E-state index contributed by atoms with van der Waals surface area (Å²) in [6.07, 6.45) is 4.82. The Balaban J connectivity index is 1.80. The fraction of sp³-hybridized carbons (Fsp3) is 0.200. The van der Waals surface area contributed by atoms with Crippen molar-refractivity contribution in [2.75, 3.05) is 13.7 Å². The van der Waals surface area contributed by atoms with Gasteiger partial charge in [-0.2, -0.15) is 0 Å². The summed E-state index contributed by atoms with van der Waals surface area (Å²) >= 11 is 0. The number of H-pyrrole nitrogens is 1. The molecule has 0 bridgehead atoms. The van der Waals surface area contributed by atoms with Gasteiger partial charge in [0.25, 0.3) is 0 Å². The third kappa shape index (κ3) is 3.88. The van der Waals surface area contributed by atoms with Crippen LogP contribution in [0.15, 0.2) is 42.5 Å². The zero-order valence-corrected chi connectivity index (χ0v) is 14.3. The molecule has 0 saturated carbocycles. The Morgan fingerprint density at radius 2 is 1.96 bits per heavy atom. The first-order valence-electron chi connectivity index (χ1n) is 8.19. The van der Waals surface area contributed by atoms with Crippen molar-refractivity contribution in [3.05, 3.63) is 59.4 Å². The Bertz CT molecular complexity index is 895. The van der Waals surface area contributed by atoms with E-state index in [1.54, 1.807) is 12.1 Å². The zero-order valence-electron chi connectivity index (χ0n) is 14.3. The number of aromatic amines is 1. The number of carbonyl (C=O) groups is 1. The fourth-order valence-corrected chi connectivity index (χ4v) is 2.48. The van der Waals surface area contributed by atoms with Gasteiger partial charge in [-0.3, -0.25) is 0 Å². The largest absolute Gasteiger partial charge is 0.494 e. The van der Waals surface area contributed by atoms with Crippen LogP contribution in [0.3, 0.4) is 0 Å². The molecule has 3 aromatic rings. The van der Waals surface area contributed by atoms with Gasteiger partial charge in [0.05, 0.1) is 24.8 Å². The molecule has 1 aromatic heterocycles. The Hall–Kier alpha value is -3.08. The Kier molecular flexibility index (Phi) is 5.14. The van der Waals surface area contributed by atoms with E-state index in [1.165, 1.54) is 7.11 Å². The molecule has 1 N–H and O–H groups in total. The molecule has 0 spiro atoms. The van der Waals surface area contributed by atoms with E-state index in [0.29, 0.717) is 16.9 Å². The molecule has 2 aromatic carbocycles. The lowest BCUT2D eigenvalue weighted by Gasteiger charge is -2.03. The molecule has 0 unspecified atom stereocenters. The summed E-state index contributed by atoms with van der Waals surface area (Å²) in [6, 6.07) is 13.3. The molecule has 5 heteroatoms. The van der Waals surface area contributed by atoms with Gasteiger partial charge in [0.2, 0.25) is 0 Å². The maximum atomic E-state index is 11.8. The molecule has 25 heavy (non-hydrogen) atoms. The first-order valence-corrected chi connectivity index (χ1v) is 8.19. The summed E-state index contributed by atoms with van der Waals surface area (Å²) < 4.78 is 10.4. The SMILES string of the molecule is CCCOc1ccc(C=Cc2nc3c(C(=O)OC)cccc3[nH]2)cc1. The molecule has 0 fully saturated rings. The lowest BCUT2D eigenvalue weighted by molar-refractivity contribution is 0.0603. The maximum Gasteiger partial charge on any atom is 0.340 e. The molecule has 0 aliphatic rings. The Morgan fingerprint density at radius 1 is 1.16 bits per heavy atom. The van der Waals surface area contributed by atoms with Crippen LogP contribution in [0.25, 0.3) is 23.2 Å². The van der Waals surface area contributed by atoms with Crippen molar-refractivity contribution < 1.29 is 14.3 Å². The number of para-hydroxylation sites is 1. The van der Waals surface area contributed by atoms with Crippen LogP contribution < -0.4 is 4.74 Å². The number of nitrogens with one attached hydrogen (secondary N) is 1. The summed E-state index contributed by atoms with van der Waals surface area (Å²) in [5, 5.41) is 0. The zero-order chi connectivity index (χ0) is 17.6. The smallest absolute Gasteiger partial charge is 0.340 e. The van der Waals surface area contributed by atoms with Gasteiger partial charge in [0.15, 0.2) is 0 Å². The normalized spacial score (nSPS) is 11.1. The predicted octanol–water partition coefficient (Wildman–Crippen LogP) is 4.31. The highest BCUT2D eigenvalue weighted by Gasteiger charge is 2.12. The van der Waals surface area contributed by atoms with Crippen LogP contribution in [0.2, 0.25) is 0 Å². The number of benzene rings is 2. The van der Waals surface area contributed by atoms with Crippen LogP contribution >= 0.6 is 0 Å². The van der Waals surface area contributed by atoms with E-state index >= 15 is 0 Å². The van der Waals surface area contributed by atoms with E-state index in [-0.39, 0.29) is 0 Å². The molecule has 128 valence electrons. The highest BCUT2D eigenvalue weighted by molar-refractivity contribution is 6.02. The van der Waals surface area contributed by atoms with Crippen molar-refractivity contribution in [2.24, 2.45) is 0 Å². The standard InChI is InChI=1S/C20H20N2O3/c1-3-13-25-15-10-7-14(8-11-15)9-12-18-21-17-6-4-5-16(19(17)22-18)20(23)24-2/h4-12H,3,13H2,1-2H3,(H,21,22). The minimum atomic E-state index is -0.393. The molecule has 3 rings (SSSR count). The first kappa shape index (κ1) is 16.8. The van der Waals surface area contributed by atoms with Crippen LogP contribution in [0.4, 0.5) is 0 Å². The van der Waals surface area contributed by atoms with E-state index in [4.69, 9.17) is 9.47 Å². The lowest BCUT2D eigenvalue weighted by Crippen LogP contribution is -2.01. The van der Waals surface area contributed by atoms with Crippen LogP contribution in [-0.2, 0) is 4.74 Å². The average Bonchev–Trinajstić information content (AvgIpc) is 3.08. The number of hydrogen-bond donors (Lipinski definition) is 1. The predicted molar refractivity (Wildman–Crippen MR) is 98.6 cm³/mol. The molecule has 0 saturated heterocycles. The van der Waals surface area contributed by atoms with Crippen LogP contribution in [0, 0.1) is 0 Å². The number of aromatic nitrogens is 2. The minimum Gasteiger partial charge on any atom is -0.494 e. The van der Waals surface area contributed by atoms with Crippen LogP contribution in [0.5, 0.6) is 5.75 Å². The quantitative estimate of drug-likeness (QED) is 0.681. The van der Waals surface area contributed by atoms with Crippen molar-refractivity contribution in [3.63, 3.8) is 0 Å². The van der Waals surface area contributed by atoms with E-state index in [9.17, 15) is 4.79 Å². The molecule has 0 atom stereocenters. The highest BCUT2D eigenvalue weighted by Crippen LogP contribution is 2.19. The van der Waals surface area contributed by atoms with E-state index in [2.05, 4.69) is 16.9 Å². The number of rotatable bonds is 6. The van der Waals surface area contributed by atoms with Gasteiger partial charge in [0, 0.05) is 0 Å². The van der Waals surface area contributed by atoms with E-state index in [1.807, 2.05) is 42.5 Å². The van der Waals surface area contributed by atoms with Crippen molar-refractivity contribution in [1.29, 1.82) is 0 Å². The molecule has 0 radical (unpaired) electrons. The van der Waals surface area contributed by atoms with Gasteiger partial charge < -0.3 is 14.5 Å². The topological polar surface area (TPSA) is 64.2 Å². The monoisotopic (exact) mass is 336 g/mol. The number of carbonyl (C=O) groups excluding carboxylic acids is 1. The molecule has 5 nitrogen and oxygen atoms in total. The number of hydrogen-bond acceptors (Lipinski definition) is 4. The number of methoxy groups -OCH3 is 1. The van der Waals surface area contributed by atoms with Gasteiger partial charge >= 0.3 is 5.97 Å². The van der Waals surface area contributed by atoms with Crippen molar-refractivity contribution in [1.82, 2.24) is 9.97 Å². The second-order valence-electron chi connectivity index (χ2n) is 5.57. The fourth-order valence-electron chi connectivity index (χ4n) is 2.48. The second-order valence-corrected chi connectivity index (χ2v) is 5.57.